The van der Waals surface area contributed by atoms with E-state index in [9.17, 15) is 4.79 Å². The smallest absolute Gasteiger partial charge is 0.352 e. The van der Waals surface area contributed by atoms with Crippen LogP contribution >= 0.6 is 0 Å². The van der Waals surface area contributed by atoms with Crippen molar-refractivity contribution in [3.63, 3.8) is 0 Å². The number of hydrogen-bond donors (Lipinski definition) is 2. The van der Waals surface area contributed by atoms with Crippen molar-refractivity contribution in [1.82, 2.24) is 4.98 Å². The number of fused-ring (bicyclic) bond motifs is 1. The molecular weight excluding hydrogens is 316 g/mol. The van der Waals surface area contributed by atoms with Gasteiger partial charge in [0.25, 0.3) is 0 Å². The van der Waals surface area contributed by atoms with E-state index >= 15 is 0 Å². The van der Waals surface area contributed by atoms with Crippen LogP contribution in [0, 0.1) is 5.41 Å². The number of H-pyrrole nitrogens is 1. The molecule has 0 amide bonds. The topological polar surface area (TPSA) is 75.2 Å². The van der Waals surface area contributed by atoms with Crippen LogP contribution in [0.5, 0.6) is 5.75 Å². The molecule has 0 unspecified atom stereocenters. The number of aromatic amines is 1. The van der Waals surface area contributed by atoms with Crippen LogP contribution in [0.4, 0.5) is 0 Å². The lowest BCUT2D eigenvalue weighted by Gasteiger charge is -2.07. The number of esters is 1. The van der Waals surface area contributed by atoms with Crippen LogP contribution in [0.2, 0.25) is 0 Å². The molecule has 1 aromatic heterocycles. The molecule has 0 aliphatic rings. The molecule has 0 saturated heterocycles. The first kappa shape index (κ1) is 16.8. The molecule has 0 radical (unpaired) electrons. The second-order valence-electron chi connectivity index (χ2n) is 5.67. The SMILES string of the molecule is CCOC(=O)C(=N)Cc1c[nH]c2ccc(OCc3ccccc3)cc12. The van der Waals surface area contributed by atoms with Gasteiger partial charge >= 0.3 is 5.97 Å². The first-order valence-electron chi connectivity index (χ1n) is 8.18. The average molecular weight is 336 g/mol. The van der Waals surface area contributed by atoms with Crippen molar-refractivity contribution in [2.24, 2.45) is 0 Å². The number of carbonyl (C=O) groups excluding carboxylic acids is 1. The van der Waals surface area contributed by atoms with E-state index in [1.54, 1.807) is 6.92 Å². The molecule has 128 valence electrons. The third kappa shape index (κ3) is 4.07. The summed E-state index contributed by atoms with van der Waals surface area (Å²) in [7, 11) is 0. The summed E-state index contributed by atoms with van der Waals surface area (Å²) in [5, 5.41) is 8.82. The van der Waals surface area contributed by atoms with Gasteiger partial charge in [0.2, 0.25) is 0 Å². The van der Waals surface area contributed by atoms with Crippen LogP contribution in [0.3, 0.4) is 0 Å². The van der Waals surface area contributed by atoms with E-state index in [4.69, 9.17) is 14.9 Å². The predicted octanol–water partition coefficient (Wildman–Crippen LogP) is 3.87. The van der Waals surface area contributed by atoms with Gasteiger partial charge in [0, 0.05) is 23.5 Å². The fraction of sp³-hybridized carbons (Fsp3) is 0.200. The van der Waals surface area contributed by atoms with Crippen LogP contribution in [-0.2, 0) is 22.6 Å². The van der Waals surface area contributed by atoms with Crippen molar-refractivity contribution in [1.29, 1.82) is 5.41 Å². The highest BCUT2D eigenvalue weighted by atomic mass is 16.5. The van der Waals surface area contributed by atoms with E-state index in [-0.39, 0.29) is 18.7 Å². The van der Waals surface area contributed by atoms with Crippen molar-refractivity contribution >= 4 is 22.6 Å². The largest absolute Gasteiger partial charge is 0.489 e. The maximum Gasteiger partial charge on any atom is 0.352 e. The van der Waals surface area contributed by atoms with E-state index in [1.807, 2.05) is 54.7 Å². The summed E-state index contributed by atoms with van der Waals surface area (Å²) in [5.74, 6) is 0.174. The Morgan fingerprint density at radius 1 is 1.16 bits per heavy atom. The Bertz CT molecular complexity index is 884. The van der Waals surface area contributed by atoms with Crippen LogP contribution in [0.15, 0.2) is 54.7 Å². The van der Waals surface area contributed by atoms with E-state index in [1.165, 1.54) is 0 Å². The Labute approximate surface area is 146 Å². The van der Waals surface area contributed by atoms with Gasteiger partial charge in [-0.25, -0.2) is 4.79 Å². The number of ether oxygens (including phenoxy) is 2. The van der Waals surface area contributed by atoms with Gasteiger partial charge in [-0.3, -0.25) is 5.41 Å². The predicted molar refractivity (Wildman–Crippen MR) is 97.1 cm³/mol. The monoisotopic (exact) mass is 336 g/mol. The third-order valence-corrected chi connectivity index (χ3v) is 3.88. The molecule has 25 heavy (non-hydrogen) atoms. The molecule has 5 heteroatoms. The molecule has 0 atom stereocenters. The van der Waals surface area contributed by atoms with Gasteiger partial charge in [0.05, 0.1) is 6.61 Å². The molecule has 2 aromatic carbocycles. The molecule has 3 rings (SSSR count). The highest BCUT2D eigenvalue weighted by Gasteiger charge is 2.14. The van der Waals surface area contributed by atoms with E-state index in [0.717, 1.165) is 27.8 Å². The first-order chi connectivity index (χ1) is 12.2. The molecular formula is C20H20N2O3. The molecule has 2 N–H and O–H groups in total. The summed E-state index contributed by atoms with van der Waals surface area (Å²) in [5.41, 5.74) is 2.86. The molecule has 3 aromatic rings. The van der Waals surface area contributed by atoms with Gasteiger partial charge in [0.15, 0.2) is 0 Å². The minimum absolute atomic E-state index is 0.0571. The zero-order valence-corrected chi connectivity index (χ0v) is 14.0. The van der Waals surface area contributed by atoms with Gasteiger partial charge in [-0.05, 0) is 36.2 Å². The lowest BCUT2D eigenvalue weighted by molar-refractivity contribution is -0.135. The van der Waals surface area contributed by atoms with Crippen molar-refractivity contribution < 1.29 is 14.3 Å². The number of benzene rings is 2. The van der Waals surface area contributed by atoms with Crippen LogP contribution in [-0.4, -0.2) is 23.3 Å². The highest BCUT2D eigenvalue weighted by molar-refractivity contribution is 6.35. The molecule has 0 bridgehead atoms. The molecule has 0 saturated carbocycles. The standard InChI is InChI=1S/C20H20N2O3/c1-2-24-20(23)18(21)10-15-12-22-19-9-8-16(11-17(15)19)25-13-14-6-4-3-5-7-14/h3-9,11-12,21-22H,2,10,13H2,1H3. The quantitative estimate of drug-likeness (QED) is 0.508. The number of nitrogens with one attached hydrogen (secondary N) is 2. The molecule has 0 aliphatic carbocycles. The summed E-state index contributed by atoms with van der Waals surface area (Å²) < 4.78 is 10.7. The van der Waals surface area contributed by atoms with E-state index < -0.39 is 5.97 Å². The van der Waals surface area contributed by atoms with Gasteiger partial charge in [-0.1, -0.05) is 30.3 Å². The van der Waals surface area contributed by atoms with Crippen LogP contribution in [0.25, 0.3) is 10.9 Å². The molecule has 0 aliphatic heterocycles. The normalized spacial score (nSPS) is 10.6. The van der Waals surface area contributed by atoms with Crippen LogP contribution in [0.1, 0.15) is 18.1 Å². The highest BCUT2D eigenvalue weighted by Crippen LogP contribution is 2.25. The maximum absolute atomic E-state index is 11.7. The number of aromatic nitrogens is 1. The second kappa shape index (κ2) is 7.66. The van der Waals surface area contributed by atoms with Gasteiger partial charge in [-0.2, -0.15) is 0 Å². The molecule has 0 spiro atoms. The van der Waals surface area contributed by atoms with Gasteiger partial charge in [0.1, 0.15) is 18.1 Å². The van der Waals surface area contributed by atoms with E-state index in [2.05, 4.69) is 4.98 Å². The number of rotatable bonds is 7. The van der Waals surface area contributed by atoms with Crippen LogP contribution < -0.4 is 4.74 Å². The average Bonchev–Trinajstić information content (AvgIpc) is 3.03. The first-order valence-corrected chi connectivity index (χ1v) is 8.18. The maximum atomic E-state index is 11.7. The minimum Gasteiger partial charge on any atom is -0.489 e. The minimum atomic E-state index is -0.576. The Hall–Kier alpha value is -3.08. The fourth-order valence-corrected chi connectivity index (χ4v) is 2.62. The summed E-state index contributed by atoms with van der Waals surface area (Å²) in [6.07, 6.45) is 2.04. The van der Waals surface area contributed by atoms with Crippen molar-refractivity contribution in [3.05, 3.63) is 65.9 Å². The zero-order valence-electron chi connectivity index (χ0n) is 14.0. The summed E-state index contributed by atoms with van der Waals surface area (Å²) in [6.45, 7) is 2.49. The van der Waals surface area contributed by atoms with Crippen molar-refractivity contribution in [3.8, 4) is 5.75 Å². The Kier molecular flexibility index (Phi) is 5.14. The van der Waals surface area contributed by atoms with Gasteiger partial charge < -0.3 is 14.5 Å². The Morgan fingerprint density at radius 3 is 2.72 bits per heavy atom. The summed E-state index contributed by atoms with van der Waals surface area (Å²) in [4.78, 5) is 14.8. The van der Waals surface area contributed by atoms with Gasteiger partial charge in [-0.15, -0.1) is 0 Å². The number of carbonyl (C=O) groups is 1. The zero-order chi connectivity index (χ0) is 17.6. The third-order valence-electron chi connectivity index (χ3n) is 3.88. The molecule has 0 fully saturated rings. The lowest BCUT2D eigenvalue weighted by atomic mass is 10.1. The summed E-state index contributed by atoms with van der Waals surface area (Å²) >= 11 is 0. The second-order valence-corrected chi connectivity index (χ2v) is 5.67. The molecule has 5 nitrogen and oxygen atoms in total. The Morgan fingerprint density at radius 2 is 1.96 bits per heavy atom. The van der Waals surface area contributed by atoms with E-state index in [0.29, 0.717) is 6.61 Å². The van der Waals surface area contributed by atoms with Crippen molar-refractivity contribution in [2.75, 3.05) is 6.61 Å². The fourth-order valence-electron chi connectivity index (χ4n) is 2.62. The summed E-state index contributed by atoms with van der Waals surface area (Å²) in [6, 6.07) is 15.7. The Balaban J connectivity index is 1.75. The lowest BCUT2D eigenvalue weighted by Crippen LogP contribution is -2.18. The van der Waals surface area contributed by atoms with Crippen molar-refractivity contribution in [2.45, 2.75) is 20.0 Å². The number of hydrogen-bond acceptors (Lipinski definition) is 4. The molecule has 1 heterocycles.